The van der Waals surface area contributed by atoms with E-state index in [1.165, 1.54) is 22.5 Å². The molecule has 0 spiro atoms. The molecule has 10 nitrogen and oxygen atoms in total. The van der Waals surface area contributed by atoms with Crippen LogP contribution in [0.3, 0.4) is 0 Å². The molecule has 0 bridgehead atoms. The average Bonchev–Trinajstić information content (AvgIpc) is 3.41. The third kappa shape index (κ3) is 5.66. The predicted octanol–water partition coefficient (Wildman–Crippen LogP) is 2.44. The van der Waals surface area contributed by atoms with Gasteiger partial charge in [0, 0.05) is 24.1 Å². The van der Waals surface area contributed by atoms with E-state index in [0.29, 0.717) is 27.7 Å². The van der Waals surface area contributed by atoms with Crippen LogP contribution in [-0.2, 0) is 4.74 Å². The van der Waals surface area contributed by atoms with Crippen LogP contribution >= 0.6 is 24.2 Å². The zero-order chi connectivity index (χ0) is 25.4. The van der Waals surface area contributed by atoms with E-state index in [1.54, 1.807) is 6.07 Å². The highest BCUT2D eigenvalue weighted by Gasteiger charge is 2.45. The maximum atomic E-state index is 13.7. The summed E-state index contributed by atoms with van der Waals surface area (Å²) in [5.41, 5.74) is 1.53. The number of hydrogen-bond acceptors (Lipinski definition) is 10. The molecule has 2 unspecified atom stereocenters. The second-order valence-electron chi connectivity index (χ2n) is 9.09. The fraction of sp³-hybridized carbons (Fsp3) is 0.565. The molecule has 2 aliphatic rings. The van der Waals surface area contributed by atoms with Gasteiger partial charge in [0.15, 0.2) is 33.8 Å². The maximum Gasteiger partial charge on any atom is 0.191 e. The zero-order valence-electron chi connectivity index (χ0n) is 20.0. The van der Waals surface area contributed by atoms with Crippen LogP contribution in [0.1, 0.15) is 43.7 Å². The van der Waals surface area contributed by atoms with Gasteiger partial charge in [0.05, 0.1) is 25.4 Å². The summed E-state index contributed by atoms with van der Waals surface area (Å²) in [7, 11) is 0. The first-order valence-corrected chi connectivity index (χ1v) is 13.0. The number of fused-ring (bicyclic) bond motifs is 1. The lowest BCUT2D eigenvalue weighted by Gasteiger charge is -2.17. The molecule has 0 radical (unpaired) electrons. The molecule has 5 rings (SSSR count). The van der Waals surface area contributed by atoms with E-state index in [9.17, 15) is 19.0 Å². The van der Waals surface area contributed by atoms with Crippen LogP contribution < -0.4 is 5.32 Å². The number of halogens is 3. The van der Waals surface area contributed by atoms with Crippen LogP contribution in [0.25, 0.3) is 11.2 Å². The van der Waals surface area contributed by atoms with Crippen LogP contribution in [0, 0.1) is 11.6 Å². The third-order valence-corrected chi connectivity index (χ3v) is 7.61. The molecule has 3 aromatic rings. The molecular weight excluding hydrogens is 530 g/mol. The molecule has 0 aliphatic heterocycles. The van der Waals surface area contributed by atoms with E-state index in [0.717, 1.165) is 24.7 Å². The minimum Gasteiger partial charge on any atom is -0.394 e. The largest absolute Gasteiger partial charge is 0.394 e. The summed E-state index contributed by atoms with van der Waals surface area (Å²) in [5, 5.41) is 42.5. The monoisotopic (exact) mass is 558 g/mol. The number of aliphatic hydroxyl groups excluding tert-OH is 3. The van der Waals surface area contributed by atoms with Gasteiger partial charge in [-0.25, -0.2) is 23.4 Å². The quantitative estimate of drug-likeness (QED) is 0.217. The standard InChI is InChI=1S/C23H28F2N6O4S.ClH/c1-2-7-36-23-27-21(26-15-9-12(15)11-3-4-13(24)14(25)8-11)18-22(28-23)31(30-29-18)16-10-17(35-6-5-32)20(34)19(16)33;/h3-4,8,12,15-17,19-20,32-34H,2,5-7,9-10H2,1H3,(H,26,27,28);1H/t12-,15+,16?,17?,19-,20+;/m0./s1. The number of anilines is 1. The topological polar surface area (TPSA) is 138 Å². The third-order valence-electron chi connectivity index (χ3n) is 6.56. The van der Waals surface area contributed by atoms with Gasteiger partial charge in [-0.1, -0.05) is 30.0 Å². The van der Waals surface area contributed by atoms with Crippen molar-refractivity contribution in [3.8, 4) is 0 Å². The summed E-state index contributed by atoms with van der Waals surface area (Å²) in [6.07, 6.45) is -1.04. The van der Waals surface area contributed by atoms with E-state index in [4.69, 9.17) is 9.84 Å². The van der Waals surface area contributed by atoms with E-state index in [2.05, 4.69) is 32.5 Å². The highest BCUT2D eigenvalue weighted by molar-refractivity contribution is 7.99. The normalized spacial score (nSPS) is 26.9. The van der Waals surface area contributed by atoms with Crippen molar-refractivity contribution in [2.45, 2.75) is 67.7 Å². The minimum absolute atomic E-state index is 0. The van der Waals surface area contributed by atoms with Gasteiger partial charge in [-0.3, -0.25) is 0 Å². The van der Waals surface area contributed by atoms with Crippen molar-refractivity contribution in [3.63, 3.8) is 0 Å². The molecular formula is C23H29ClF2N6O4S. The Morgan fingerprint density at radius 1 is 1.16 bits per heavy atom. The molecule has 6 atom stereocenters. The first-order chi connectivity index (χ1) is 17.4. The molecule has 2 fully saturated rings. The predicted molar refractivity (Wildman–Crippen MR) is 135 cm³/mol. The van der Waals surface area contributed by atoms with Crippen molar-refractivity contribution in [3.05, 3.63) is 35.4 Å². The zero-order valence-corrected chi connectivity index (χ0v) is 21.6. The van der Waals surface area contributed by atoms with E-state index in [-0.39, 0.29) is 44.0 Å². The lowest BCUT2D eigenvalue weighted by atomic mass is 10.1. The van der Waals surface area contributed by atoms with Crippen molar-refractivity contribution < 1.29 is 28.8 Å². The highest BCUT2D eigenvalue weighted by Crippen LogP contribution is 2.44. The summed E-state index contributed by atoms with van der Waals surface area (Å²) < 4.78 is 34.0. The van der Waals surface area contributed by atoms with Crippen LogP contribution in [-0.4, -0.2) is 83.6 Å². The molecule has 0 amide bonds. The number of benzene rings is 1. The van der Waals surface area contributed by atoms with Crippen LogP contribution in [0.2, 0.25) is 0 Å². The van der Waals surface area contributed by atoms with Gasteiger partial charge in [0.1, 0.15) is 12.2 Å². The Kier molecular flexibility index (Phi) is 8.81. The van der Waals surface area contributed by atoms with Crippen molar-refractivity contribution in [1.29, 1.82) is 0 Å². The molecule has 37 heavy (non-hydrogen) atoms. The second kappa shape index (κ2) is 11.7. The van der Waals surface area contributed by atoms with Gasteiger partial charge in [0.2, 0.25) is 0 Å². The first-order valence-electron chi connectivity index (χ1n) is 12.0. The fourth-order valence-corrected chi connectivity index (χ4v) is 5.31. The molecule has 2 saturated carbocycles. The Bertz CT molecular complexity index is 1240. The van der Waals surface area contributed by atoms with Gasteiger partial charge in [0.25, 0.3) is 0 Å². The smallest absolute Gasteiger partial charge is 0.191 e. The van der Waals surface area contributed by atoms with Crippen LogP contribution in [0.15, 0.2) is 23.4 Å². The molecule has 2 aromatic heterocycles. The number of hydrogen-bond donors (Lipinski definition) is 4. The molecule has 202 valence electrons. The van der Waals surface area contributed by atoms with E-state index in [1.807, 2.05) is 0 Å². The molecule has 14 heteroatoms. The maximum absolute atomic E-state index is 13.7. The SMILES string of the molecule is CCCSc1nc(N[C@@H]2C[C@H]2c2ccc(F)c(F)c2)c2nnn(C3CC(OCCO)[C@@H](O)[C@H]3O)c2n1.Cl. The number of ether oxygens (including phenoxy) is 1. The van der Waals surface area contributed by atoms with Gasteiger partial charge in [-0.2, -0.15) is 0 Å². The number of aromatic nitrogens is 5. The van der Waals surface area contributed by atoms with Crippen molar-refractivity contribution in [2.75, 3.05) is 24.3 Å². The summed E-state index contributed by atoms with van der Waals surface area (Å²) in [6, 6.07) is 3.26. The van der Waals surface area contributed by atoms with Gasteiger partial charge < -0.3 is 25.4 Å². The fourth-order valence-electron chi connectivity index (χ4n) is 4.61. The molecule has 1 aromatic carbocycles. The molecule has 2 aliphatic carbocycles. The average molecular weight is 559 g/mol. The summed E-state index contributed by atoms with van der Waals surface area (Å²) in [4.78, 5) is 9.27. The summed E-state index contributed by atoms with van der Waals surface area (Å²) in [6.45, 7) is 1.91. The van der Waals surface area contributed by atoms with Crippen molar-refractivity contribution in [1.82, 2.24) is 25.0 Å². The number of thioether (sulfide) groups is 1. The van der Waals surface area contributed by atoms with E-state index >= 15 is 0 Å². The highest BCUT2D eigenvalue weighted by atomic mass is 35.5. The molecule has 0 saturated heterocycles. The van der Waals surface area contributed by atoms with Crippen LogP contribution in [0.4, 0.5) is 14.6 Å². The van der Waals surface area contributed by atoms with Gasteiger partial charge in [-0.15, -0.1) is 17.5 Å². The first kappa shape index (κ1) is 27.9. The number of nitrogens with zero attached hydrogens (tertiary/aromatic N) is 5. The number of aliphatic hydroxyl groups is 3. The Hall–Kier alpha value is -2.16. The Balaban J connectivity index is 0.00000320. The van der Waals surface area contributed by atoms with Crippen LogP contribution in [0.5, 0.6) is 0 Å². The van der Waals surface area contributed by atoms with Gasteiger partial charge >= 0.3 is 0 Å². The summed E-state index contributed by atoms with van der Waals surface area (Å²) in [5.74, 6) is -0.472. The van der Waals surface area contributed by atoms with Crippen molar-refractivity contribution in [2.24, 2.45) is 0 Å². The lowest BCUT2D eigenvalue weighted by Crippen LogP contribution is -2.33. The Labute approximate surface area is 222 Å². The van der Waals surface area contributed by atoms with Crippen molar-refractivity contribution >= 4 is 41.2 Å². The number of rotatable bonds is 10. The Morgan fingerprint density at radius 2 is 1.97 bits per heavy atom. The molecule has 4 N–H and O–H groups in total. The summed E-state index contributed by atoms with van der Waals surface area (Å²) >= 11 is 1.48. The molecule has 2 heterocycles. The lowest BCUT2D eigenvalue weighted by molar-refractivity contribution is -0.0629. The minimum atomic E-state index is -1.15. The number of nitrogens with one attached hydrogen (secondary N) is 1. The second-order valence-corrected chi connectivity index (χ2v) is 10.2. The van der Waals surface area contributed by atoms with E-state index < -0.39 is 36.0 Å². The van der Waals surface area contributed by atoms with Gasteiger partial charge in [-0.05, 0) is 30.5 Å². The Morgan fingerprint density at radius 3 is 2.70 bits per heavy atom.